The van der Waals surface area contributed by atoms with Crippen molar-refractivity contribution in [3.05, 3.63) is 47.8 Å². The third-order valence-corrected chi connectivity index (χ3v) is 3.10. The second-order valence-electron chi connectivity index (χ2n) is 4.63. The zero-order valence-corrected chi connectivity index (χ0v) is 11.8. The van der Waals surface area contributed by atoms with Crippen LogP contribution in [-0.2, 0) is 17.9 Å². The molecule has 1 aromatic carbocycles. The Morgan fingerprint density at radius 2 is 2.26 bits per heavy atom. The molecule has 0 aliphatic rings. The number of aryl methyl sites for hydroxylation is 1. The maximum absolute atomic E-state index is 5.15. The summed E-state index contributed by atoms with van der Waals surface area (Å²) in [4.78, 5) is 0. The Labute approximate surface area is 114 Å². The summed E-state index contributed by atoms with van der Waals surface area (Å²) >= 11 is 0. The highest BCUT2D eigenvalue weighted by Gasteiger charge is 2.08. The molecule has 0 aliphatic heterocycles. The van der Waals surface area contributed by atoms with Gasteiger partial charge < -0.3 is 10.1 Å². The number of hydrogen-bond acceptors (Lipinski definition) is 3. The molecule has 0 aliphatic carbocycles. The standard InChI is InChI=1S/C15H21N3O/c1-4-18-10-14(9-16-18)12(2)17-15-7-5-6-13(8-15)11-19-3/h5-10,12,17H,4,11H2,1-3H3. The van der Waals surface area contributed by atoms with Crippen LogP contribution < -0.4 is 5.32 Å². The first-order valence-corrected chi connectivity index (χ1v) is 6.59. The first kappa shape index (κ1) is 13.6. The van der Waals surface area contributed by atoms with Crippen LogP contribution in [0.25, 0.3) is 0 Å². The third kappa shape index (κ3) is 3.58. The number of anilines is 1. The summed E-state index contributed by atoms with van der Waals surface area (Å²) in [7, 11) is 1.71. The van der Waals surface area contributed by atoms with Crippen molar-refractivity contribution in [1.82, 2.24) is 9.78 Å². The molecule has 0 bridgehead atoms. The molecule has 1 unspecified atom stereocenters. The number of rotatable bonds is 6. The predicted octanol–water partition coefficient (Wildman–Crippen LogP) is 3.22. The van der Waals surface area contributed by atoms with Crippen molar-refractivity contribution in [2.24, 2.45) is 0 Å². The lowest BCUT2D eigenvalue weighted by Crippen LogP contribution is -2.06. The average Bonchev–Trinajstić information content (AvgIpc) is 2.88. The van der Waals surface area contributed by atoms with Gasteiger partial charge in [0.25, 0.3) is 0 Å². The van der Waals surface area contributed by atoms with Gasteiger partial charge in [0.2, 0.25) is 0 Å². The van der Waals surface area contributed by atoms with E-state index >= 15 is 0 Å². The second kappa shape index (κ2) is 6.38. The molecule has 0 saturated carbocycles. The van der Waals surface area contributed by atoms with Crippen LogP contribution in [0.1, 0.15) is 31.0 Å². The van der Waals surface area contributed by atoms with Crippen molar-refractivity contribution in [3.63, 3.8) is 0 Å². The summed E-state index contributed by atoms with van der Waals surface area (Å²) in [5.41, 5.74) is 3.47. The molecule has 19 heavy (non-hydrogen) atoms. The Balaban J connectivity index is 2.05. The van der Waals surface area contributed by atoms with Crippen molar-refractivity contribution < 1.29 is 4.74 Å². The lowest BCUT2D eigenvalue weighted by molar-refractivity contribution is 0.185. The van der Waals surface area contributed by atoms with E-state index in [-0.39, 0.29) is 6.04 Å². The molecule has 1 atom stereocenters. The summed E-state index contributed by atoms with van der Waals surface area (Å²) in [6.45, 7) is 5.76. The first-order valence-electron chi connectivity index (χ1n) is 6.59. The number of nitrogens with zero attached hydrogens (tertiary/aromatic N) is 2. The second-order valence-corrected chi connectivity index (χ2v) is 4.63. The molecule has 4 heteroatoms. The fourth-order valence-electron chi connectivity index (χ4n) is 2.03. The highest BCUT2D eigenvalue weighted by atomic mass is 16.5. The molecule has 2 rings (SSSR count). The van der Waals surface area contributed by atoms with E-state index in [9.17, 15) is 0 Å². The van der Waals surface area contributed by atoms with E-state index in [1.54, 1.807) is 7.11 Å². The van der Waals surface area contributed by atoms with Crippen LogP contribution in [0, 0.1) is 0 Å². The first-order chi connectivity index (χ1) is 9.22. The topological polar surface area (TPSA) is 39.1 Å². The normalized spacial score (nSPS) is 12.4. The number of aromatic nitrogens is 2. The van der Waals surface area contributed by atoms with E-state index in [0.29, 0.717) is 6.61 Å². The van der Waals surface area contributed by atoms with Crippen LogP contribution in [0.3, 0.4) is 0 Å². The predicted molar refractivity (Wildman–Crippen MR) is 77.1 cm³/mol. The zero-order valence-electron chi connectivity index (χ0n) is 11.8. The Morgan fingerprint density at radius 1 is 1.42 bits per heavy atom. The molecule has 0 saturated heterocycles. The number of methoxy groups -OCH3 is 1. The molecular formula is C15H21N3O. The molecule has 102 valence electrons. The van der Waals surface area contributed by atoms with E-state index in [4.69, 9.17) is 4.74 Å². The van der Waals surface area contributed by atoms with Crippen LogP contribution in [0.4, 0.5) is 5.69 Å². The fraction of sp³-hybridized carbons (Fsp3) is 0.400. The van der Waals surface area contributed by atoms with Gasteiger partial charge >= 0.3 is 0 Å². The summed E-state index contributed by atoms with van der Waals surface area (Å²) < 4.78 is 7.09. The van der Waals surface area contributed by atoms with E-state index in [2.05, 4.69) is 48.7 Å². The van der Waals surface area contributed by atoms with Crippen molar-refractivity contribution in [3.8, 4) is 0 Å². The third-order valence-electron chi connectivity index (χ3n) is 3.10. The summed E-state index contributed by atoms with van der Waals surface area (Å²) in [6, 6.07) is 8.52. The van der Waals surface area contributed by atoms with Gasteiger partial charge in [-0.2, -0.15) is 5.10 Å². The van der Waals surface area contributed by atoms with Gasteiger partial charge in [-0.3, -0.25) is 4.68 Å². The summed E-state index contributed by atoms with van der Waals surface area (Å²) in [6.07, 6.45) is 4.00. The largest absolute Gasteiger partial charge is 0.380 e. The Hall–Kier alpha value is -1.81. The smallest absolute Gasteiger partial charge is 0.0713 e. The molecule has 0 fully saturated rings. The van der Waals surface area contributed by atoms with Crippen molar-refractivity contribution in [2.45, 2.75) is 33.0 Å². The Bertz CT molecular complexity index is 522. The minimum atomic E-state index is 0.234. The molecule has 1 aromatic heterocycles. The van der Waals surface area contributed by atoms with Crippen LogP contribution >= 0.6 is 0 Å². The number of hydrogen-bond donors (Lipinski definition) is 1. The van der Waals surface area contributed by atoms with Gasteiger partial charge in [-0.05, 0) is 31.5 Å². The lowest BCUT2D eigenvalue weighted by Gasteiger charge is -2.14. The van der Waals surface area contributed by atoms with E-state index < -0.39 is 0 Å². The van der Waals surface area contributed by atoms with Gasteiger partial charge in [0.05, 0.1) is 18.8 Å². The summed E-state index contributed by atoms with van der Waals surface area (Å²) in [5.74, 6) is 0. The molecule has 2 aromatic rings. The number of ether oxygens (including phenoxy) is 1. The molecule has 1 N–H and O–H groups in total. The fourth-order valence-corrected chi connectivity index (χ4v) is 2.03. The SMILES string of the molecule is CCn1cc(C(C)Nc2cccc(COC)c2)cn1. The maximum atomic E-state index is 5.15. The van der Waals surface area contributed by atoms with Crippen LogP contribution in [-0.4, -0.2) is 16.9 Å². The van der Waals surface area contributed by atoms with Gasteiger partial charge in [0.15, 0.2) is 0 Å². The molecule has 0 spiro atoms. The molecule has 0 radical (unpaired) electrons. The van der Waals surface area contributed by atoms with Gasteiger partial charge in [0, 0.05) is 31.1 Å². The Kier molecular flexibility index (Phi) is 4.58. The highest BCUT2D eigenvalue weighted by Crippen LogP contribution is 2.19. The average molecular weight is 259 g/mol. The number of nitrogens with one attached hydrogen (secondary N) is 1. The summed E-state index contributed by atoms with van der Waals surface area (Å²) in [5, 5.41) is 7.79. The monoisotopic (exact) mass is 259 g/mol. The molecular weight excluding hydrogens is 238 g/mol. The molecule has 1 heterocycles. The van der Waals surface area contributed by atoms with E-state index in [1.807, 2.05) is 16.9 Å². The van der Waals surface area contributed by atoms with Crippen LogP contribution in [0.2, 0.25) is 0 Å². The Morgan fingerprint density at radius 3 is 2.95 bits per heavy atom. The quantitative estimate of drug-likeness (QED) is 0.865. The van der Waals surface area contributed by atoms with E-state index in [1.165, 1.54) is 11.1 Å². The zero-order chi connectivity index (χ0) is 13.7. The van der Waals surface area contributed by atoms with Crippen LogP contribution in [0.15, 0.2) is 36.7 Å². The maximum Gasteiger partial charge on any atom is 0.0713 e. The van der Waals surface area contributed by atoms with Gasteiger partial charge in [-0.25, -0.2) is 0 Å². The van der Waals surface area contributed by atoms with Crippen LogP contribution in [0.5, 0.6) is 0 Å². The van der Waals surface area contributed by atoms with E-state index in [0.717, 1.165) is 12.2 Å². The van der Waals surface area contributed by atoms with Crippen molar-refractivity contribution in [1.29, 1.82) is 0 Å². The minimum absolute atomic E-state index is 0.234. The molecule has 4 nitrogen and oxygen atoms in total. The van der Waals surface area contributed by atoms with Gasteiger partial charge in [-0.1, -0.05) is 12.1 Å². The highest BCUT2D eigenvalue weighted by molar-refractivity contribution is 5.47. The van der Waals surface area contributed by atoms with Gasteiger partial charge in [-0.15, -0.1) is 0 Å². The minimum Gasteiger partial charge on any atom is -0.380 e. The van der Waals surface area contributed by atoms with Gasteiger partial charge in [0.1, 0.15) is 0 Å². The number of benzene rings is 1. The molecule has 0 amide bonds. The van der Waals surface area contributed by atoms with Crippen molar-refractivity contribution >= 4 is 5.69 Å². The van der Waals surface area contributed by atoms with Crippen molar-refractivity contribution in [2.75, 3.05) is 12.4 Å². The lowest BCUT2D eigenvalue weighted by atomic mass is 10.1.